The summed E-state index contributed by atoms with van der Waals surface area (Å²) in [6.07, 6.45) is 98.2. The smallest absolute Gasteiger partial charge is 0.462 e. The molecule has 90 heavy (non-hydrogen) atoms. The molecule has 1 N–H and O–H groups in total. The summed E-state index contributed by atoms with van der Waals surface area (Å²) in [6.45, 7) is 4.35. The number of rotatable bonds is 70. The van der Waals surface area contributed by atoms with E-state index in [-0.39, 0.29) is 32.0 Å². The van der Waals surface area contributed by atoms with E-state index in [9.17, 15) is 19.0 Å². The summed E-state index contributed by atoms with van der Waals surface area (Å²) in [5.74, 6) is -0.788. The number of likely N-dealkylation sites (N-methyl/N-ethyl adjacent to an activating group) is 1. The first-order chi connectivity index (χ1) is 44.0. The molecule has 0 aromatic rings. The maximum absolute atomic E-state index is 12.9. The largest absolute Gasteiger partial charge is 0.472 e. The molecule has 0 spiro atoms. The van der Waals surface area contributed by atoms with E-state index in [1.165, 1.54) is 231 Å². The first-order valence-electron chi connectivity index (χ1n) is 38.0. The molecule has 2 atom stereocenters. The predicted octanol–water partition coefficient (Wildman–Crippen LogP) is 25.1. The third kappa shape index (κ3) is 74.0. The highest BCUT2D eigenvalue weighted by atomic mass is 31.2. The molecule has 2 unspecified atom stereocenters. The SMILES string of the molecule is CC/C=C\C/C=C\C/C=C\C/C=C\C/C=C\C/C=C\CCCCCCCCCCCCCCC(=O)OC(COC(=O)CCCCCCCCCCCCCCCCCCCCCCCCC/C=C\C/C=C\CCCCCCC)COP(=O)(O)OCC[N+](C)(C)C. The summed E-state index contributed by atoms with van der Waals surface area (Å²) >= 11 is 0. The van der Waals surface area contributed by atoms with Crippen molar-refractivity contribution in [1.29, 1.82) is 0 Å². The van der Waals surface area contributed by atoms with Gasteiger partial charge in [0.2, 0.25) is 0 Å². The van der Waals surface area contributed by atoms with E-state index < -0.39 is 26.5 Å². The molecule has 0 aliphatic heterocycles. The summed E-state index contributed by atoms with van der Waals surface area (Å²) in [7, 11) is 1.48. The van der Waals surface area contributed by atoms with Crippen LogP contribution >= 0.6 is 7.82 Å². The average Bonchev–Trinajstić information content (AvgIpc) is 3.58. The Balaban J connectivity index is 3.98. The number of unbranched alkanes of at least 4 members (excludes halogenated alkanes) is 40. The number of quaternary nitrogens is 1. The van der Waals surface area contributed by atoms with Crippen LogP contribution in [0.3, 0.4) is 0 Å². The number of esters is 2. The molecule has 0 bridgehead atoms. The number of phosphoric acid groups is 1. The van der Waals surface area contributed by atoms with Crippen LogP contribution in [0, 0.1) is 0 Å². The molecule has 0 radical (unpaired) electrons. The fraction of sp³-hybridized carbons (Fsp3) is 0.775. The van der Waals surface area contributed by atoms with Crippen LogP contribution in [0.2, 0.25) is 0 Å². The molecule has 10 heteroatoms. The van der Waals surface area contributed by atoms with E-state index in [4.69, 9.17) is 18.5 Å². The number of phosphoric ester groups is 1. The zero-order chi connectivity index (χ0) is 65.5. The maximum Gasteiger partial charge on any atom is 0.472 e. The molecule has 0 saturated heterocycles. The van der Waals surface area contributed by atoms with E-state index in [1.807, 2.05) is 21.1 Å². The molecule has 522 valence electrons. The number of nitrogens with zero attached hydrogens (tertiary/aromatic N) is 1. The van der Waals surface area contributed by atoms with Gasteiger partial charge in [-0.25, -0.2) is 4.57 Å². The molecule has 0 fully saturated rings. The Morgan fingerprint density at radius 2 is 0.633 bits per heavy atom. The Hall–Kier alpha value is -3.07. The first-order valence-corrected chi connectivity index (χ1v) is 39.5. The summed E-state index contributed by atoms with van der Waals surface area (Å²) in [5.41, 5.74) is 0. The molecule has 0 aromatic carbocycles. The number of hydrogen-bond acceptors (Lipinski definition) is 7. The fourth-order valence-corrected chi connectivity index (χ4v) is 11.6. The van der Waals surface area contributed by atoms with E-state index in [0.717, 1.165) is 83.5 Å². The van der Waals surface area contributed by atoms with Crippen LogP contribution in [0.1, 0.15) is 348 Å². The lowest BCUT2D eigenvalue weighted by atomic mass is 10.0. The predicted molar refractivity (Wildman–Crippen MR) is 390 cm³/mol. The number of hydrogen-bond donors (Lipinski definition) is 1. The highest BCUT2D eigenvalue weighted by Gasteiger charge is 2.27. The van der Waals surface area contributed by atoms with Crippen LogP contribution in [0.25, 0.3) is 0 Å². The minimum absolute atomic E-state index is 0.0296. The van der Waals surface area contributed by atoms with Crippen LogP contribution in [-0.2, 0) is 32.7 Å². The van der Waals surface area contributed by atoms with Crippen LogP contribution < -0.4 is 0 Å². The minimum Gasteiger partial charge on any atom is -0.462 e. The van der Waals surface area contributed by atoms with Crippen molar-refractivity contribution in [2.24, 2.45) is 0 Å². The minimum atomic E-state index is -4.40. The Labute approximate surface area is 557 Å². The Morgan fingerprint density at radius 3 is 0.944 bits per heavy atom. The molecule has 0 aliphatic carbocycles. The van der Waals surface area contributed by atoms with Gasteiger partial charge < -0.3 is 18.9 Å². The van der Waals surface area contributed by atoms with Crippen molar-refractivity contribution in [1.82, 2.24) is 0 Å². The second kappa shape index (κ2) is 70.3. The van der Waals surface area contributed by atoms with Gasteiger partial charge in [-0.2, -0.15) is 0 Å². The third-order valence-corrected chi connectivity index (χ3v) is 17.6. The van der Waals surface area contributed by atoms with Crippen molar-refractivity contribution < 1.29 is 42.1 Å². The molecule has 9 nitrogen and oxygen atoms in total. The van der Waals surface area contributed by atoms with Gasteiger partial charge in [0.05, 0.1) is 27.7 Å². The van der Waals surface area contributed by atoms with Gasteiger partial charge in [0, 0.05) is 12.8 Å². The second-order valence-electron chi connectivity index (χ2n) is 26.7. The number of carbonyl (C=O) groups is 2. The maximum atomic E-state index is 12.9. The number of carbonyl (C=O) groups excluding carboxylic acids is 2. The van der Waals surface area contributed by atoms with Crippen molar-refractivity contribution in [3.05, 3.63) is 97.2 Å². The first kappa shape index (κ1) is 86.9. The molecule has 0 saturated carbocycles. The standard InChI is InChI=1S/C80H144NO8P/c1-6-8-10-12-14-16-18-20-22-24-26-28-30-32-34-36-38-39-40-41-43-44-46-48-50-52-54-56-58-60-62-64-66-68-70-72-79(82)86-76-78(77-88-90(84,85)87-75-74-81(3,4)5)89-80(83)73-71-69-67-65-63-61-59-57-55-53-51-49-47-45-42-37-35-33-31-29-27-25-23-21-19-17-15-13-11-9-7-2/h9,11,15,17-18,20-21,23-24,26-27,29,33,35,42,45,78H,6-8,10,12-14,16,19,22,25,28,30-32,34,36-41,43-44,46-77H2,1-5H3/p+1/b11-9-,17-15-,20-18-,23-21-,26-24-,29-27-,35-33-,45-42-. The Bertz CT molecular complexity index is 1840. The Morgan fingerprint density at radius 1 is 0.356 bits per heavy atom. The zero-order valence-electron chi connectivity index (χ0n) is 59.6. The van der Waals surface area contributed by atoms with Crippen molar-refractivity contribution in [3.8, 4) is 0 Å². The molecule has 0 rings (SSSR count). The van der Waals surface area contributed by atoms with Gasteiger partial charge in [0.15, 0.2) is 6.10 Å². The normalized spacial score (nSPS) is 13.6. The van der Waals surface area contributed by atoms with Gasteiger partial charge in [-0.05, 0) is 96.3 Å². The Kier molecular flexibility index (Phi) is 67.9. The highest BCUT2D eigenvalue weighted by Crippen LogP contribution is 2.43. The van der Waals surface area contributed by atoms with Gasteiger partial charge in [-0.3, -0.25) is 18.6 Å². The van der Waals surface area contributed by atoms with E-state index in [0.29, 0.717) is 17.4 Å². The number of ether oxygens (including phenoxy) is 2. The van der Waals surface area contributed by atoms with Crippen molar-refractivity contribution in [2.45, 2.75) is 354 Å². The molecule has 0 amide bonds. The molecule has 0 heterocycles. The van der Waals surface area contributed by atoms with Crippen molar-refractivity contribution in [3.63, 3.8) is 0 Å². The lowest BCUT2D eigenvalue weighted by Crippen LogP contribution is -2.37. The van der Waals surface area contributed by atoms with E-state index in [1.54, 1.807) is 0 Å². The van der Waals surface area contributed by atoms with Crippen LogP contribution in [0.4, 0.5) is 0 Å². The van der Waals surface area contributed by atoms with Gasteiger partial charge in [-0.1, -0.05) is 336 Å². The van der Waals surface area contributed by atoms with Gasteiger partial charge in [0.1, 0.15) is 19.8 Å². The number of allylic oxidation sites excluding steroid dienone is 16. The third-order valence-electron chi connectivity index (χ3n) is 16.6. The van der Waals surface area contributed by atoms with Crippen molar-refractivity contribution >= 4 is 19.8 Å². The molecule has 0 aliphatic rings. The van der Waals surface area contributed by atoms with Crippen LogP contribution in [0.15, 0.2) is 97.2 Å². The fourth-order valence-electron chi connectivity index (χ4n) is 10.8. The summed E-state index contributed by atoms with van der Waals surface area (Å²) in [5, 5.41) is 0. The quantitative estimate of drug-likeness (QED) is 0.0211. The molecular formula is C80H145NO8P+. The van der Waals surface area contributed by atoms with E-state index in [2.05, 4.69) is 111 Å². The van der Waals surface area contributed by atoms with Crippen LogP contribution in [0.5, 0.6) is 0 Å². The topological polar surface area (TPSA) is 108 Å². The molecule has 0 aromatic heterocycles. The monoisotopic (exact) mass is 1280 g/mol. The van der Waals surface area contributed by atoms with Gasteiger partial charge >= 0.3 is 19.8 Å². The summed E-state index contributed by atoms with van der Waals surface area (Å²) in [4.78, 5) is 35.9. The van der Waals surface area contributed by atoms with Gasteiger partial charge in [-0.15, -0.1) is 0 Å². The summed E-state index contributed by atoms with van der Waals surface area (Å²) in [6, 6.07) is 0. The van der Waals surface area contributed by atoms with Gasteiger partial charge in [0.25, 0.3) is 0 Å². The van der Waals surface area contributed by atoms with E-state index >= 15 is 0 Å². The lowest BCUT2D eigenvalue weighted by Gasteiger charge is -2.24. The van der Waals surface area contributed by atoms with Crippen LogP contribution in [-0.4, -0.2) is 74.9 Å². The zero-order valence-corrected chi connectivity index (χ0v) is 60.5. The highest BCUT2D eigenvalue weighted by molar-refractivity contribution is 7.47. The van der Waals surface area contributed by atoms with Crippen molar-refractivity contribution in [2.75, 3.05) is 47.5 Å². The second-order valence-corrected chi connectivity index (χ2v) is 28.1. The lowest BCUT2D eigenvalue weighted by molar-refractivity contribution is -0.870. The average molecular weight is 1280 g/mol. The molecular weight excluding hydrogens is 1130 g/mol. The summed E-state index contributed by atoms with van der Waals surface area (Å²) < 4.78 is 34.8.